The van der Waals surface area contributed by atoms with Gasteiger partial charge in [-0.2, -0.15) is 0 Å². The van der Waals surface area contributed by atoms with Crippen molar-refractivity contribution in [1.29, 1.82) is 0 Å². The van der Waals surface area contributed by atoms with E-state index in [0.717, 1.165) is 29.2 Å². The average molecular weight is 284 g/mol. The molecule has 2 aliphatic heterocycles. The largest absolute Gasteiger partial charge is 0.456 e. The van der Waals surface area contributed by atoms with Gasteiger partial charge in [0.1, 0.15) is 17.0 Å². The van der Waals surface area contributed by atoms with Crippen LogP contribution in [0.3, 0.4) is 0 Å². The molecule has 0 radical (unpaired) electrons. The van der Waals surface area contributed by atoms with Crippen molar-refractivity contribution in [3.63, 3.8) is 0 Å². The highest BCUT2D eigenvalue weighted by Crippen LogP contribution is 2.48. The Morgan fingerprint density at radius 1 is 1.00 bits per heavy atom. The number of para-hydroxylation sites is 2. The molecule has 2 aliphatic rings. The lowest BCUT2D eigenvalue weighted by atomic mass is 9.97. The van der Waals surface area contributed by atoms with Crippen LogP contribution in [0.4, 0.5) is 0 Å². The van der Waals surface area contributed by atoms with Gasteiger partial charge < -0.3 is 4.74 Å². The Morgan fingerprint density at radius 2 is 1.60 bits per heavy atom. The number of hydrogen-bond donors (Lipinski definition) is 0. The van der Waals surface area contributed by atoms with E-state index in [4.69, 9.17) is 16.3 Å². The van der Waals surface area contributed by atoms with E-state index in [-0.39, 0.29) is 5.50 Å². The van der Waals surface area contributed by atoms with E-state index >= 15 is 0 Å². The number of likely N-dealkylation sites (N-methyl/N-ethyl adjacent to an activating group) is 1. The van der Waals surface area contributed by atoms with Crippen LogP contribution in [0.15, 0.2) is 48.5 Å². The van der Waals surface area contributed by atoms with Crippen molar-refractivity contribution in [2.45, 2.75) is 5.50 Å². The van der Waals surface area contributed by atoms with Gasteiger partial charge in [-0.1, -0.05) is 36.4 Å². The Morgan fingerprint density at radius 3 is 2.35 bits per heavy atom. The summed E-state index contributed by atoms with van der Waals surface area (Å²) in [7, 11) is 2.05. The van der Waals surface area contributed by atoms with Crippen LogP contribution in [0.5, 0.6) is 11.5 Å². The molecule has 100 valence electrons. The zero-order chi connectivity index (χ0) is 13.7. The van der Waals surface area contributed by atoms with Gasteiger partial charge in [-0.05, 0) is 24.8 Å². The first-order valence-corrected chi connectivity index (χ1v) is 7.13. The summed E-state index contributed by atoms with van der Waals surface area (Å²) in [6.45, 7) is 0.845. The standard InChI is InChI=1S/C17H14ClNO/c1-19-10-13-11-6-2-4-8-14(11)20-15-9-5-3-7-12(15)16(13)17(19)18/h2-9,17H,10H2,1H3. The van der Waals surface area contributed by atoms with Crippen LogP contribution in [0.2, 0.25) is 0 Å². The van der Waals surface area contributed by atoms with Crippen molar-refractivity contribution in [1.82, 2.24) is 4.90 Å². The molecule has 0 amide bonds. The SMILES string of the molecule is CN1CC2=C(c3ccccc3Oc3ccccc32)C1Cl. The van der Waals surface area contributed by atoms with Gasteiger partial charge >= 0.3 is 0 Å². The van der Waals surface area contributed by atoms with Gasteiger partial charge in [0.15, 0.2) is 0 Å². The molecule has 0 saturated heterocycles. The van der Waals surface area contributed by atoms with Gasteiger partial charge in [0, 0.05) is 23.2 Å². The van der Waals surface area contributed by atoms with Crippen LogP contribution in [0, 0.1) is 0 Å². The van der Waals surface area contributed by atoms with Crippen molar-refractivity contribution in [2.24, 2.45) is 0 Å². The Labute approximate surface area is 123 Å². The van der Waals surface area contributed by atoms with Crippen molar-refractivity contribution < 1.29 is 4.74 Å². The highest BCUT2D eigenvalue weighted by molar-refractivity contribution is 6.29. The predicted octanol–water partition coefficient (Wildman–Crippen LogP) is 4.21. The van der Waals surface area contributed by atoms with Gasteiger partial charge in [-0.3, -0.25) is 4.90 Å². The van der Waals surface area contributed by atoms with E-state index in [1.54, 1.807) is 0 Å². The molecule has 2 nitrogen and oxygen atoms in total. The molecule has 0 spiro atoms. The predicted molar refractivity (Wildman–Crippen MR) is 82.0 cm³/mol. The normalized spacial score (nSPS) is 20.8. The molecule has 4 rings (SSSR count). The molecular formula is C17H14ClNO. The number of benzene rings is 2. The average Bonchev–Trinajstić information content (AvgIpc) is 2.68. The maximum atomic E-state index is 6.62. The van der Waals surface area contributed by atoms with Gasteiger partial charge in [0.2, 0.25) is 0 Å². The zero-order valence-electron chi connectivity index (χ0n) is 11.1. The second kappa shape index (κ2) is 4.37. The smallest absolute Gasteiger partial charge is 0.135 e. The summed E-state index contributed by atoms with van der Waals surface area (Å²) >= 11 is 6.62. The summed E-state index contributed by atoms with van der Waals surface area (Å²) in [6.07, 6.45) is 0. The second-order valence-corrected chi connectivity index (χ2v) is 5.65. The minimum absolute atomic E-state index is 0.110. The third-order valence-corrected chi connectivity index (χ3v) is 4.52. The molecule has 1 unspecified atom stereocenters. The first kappa shape index (κ1) is 12.0. The summed E-state index contributed by atoms with van der Waals surface area (Å²) in [4.78, 5) is 2.16. The topological polar surface area (TPSA) is 12.5 Å². The second-order valence-electron chi connectivity index (χ2n) is 5.24. The van der Waals surface area contributed by atoms with Gasteiger partial charge in [0.05, 0.1) is 0 Å². The molecule has 0 aromatic heterocycles. The number of ether oxygens (including phenoxy) is 1. The summed E-state index contributed by atoms with van der Waals surface area (Å²) in [5.74, 6) is 1.79. The number of alkyl halides is 1. The van der Waals surface area contributed by atoms with Crippen LogP contribution >= 0.6 is 11.6 Å². The van der Waals surface area contributed by atoms with Gasteiger partial charge in [-0.25, -0.2) is 0 Å². The fraction of sp³-hybridized carbons (Fsp3) is 0.176. The maximum absolute atomic E-state index is 6.62. The molecule has 0 fully saturated rings. The zero-order valence-corrected chi connectivity index (χ0v) is 11.9. The molecular weight excluding hydrogens is 270 g/mol. The Hall–Kier alpha value is -1.77. The number of fused-ring (bicyclic) bond motifs is 4. The third kappa shape index (κ3) is 1.62. The minimum Gasteiger partial charge on any atom is -0.456 e. The number of hydrogen-bond acceptors (Lipinski definition) is 2. The van der Waals surface area contributed by atoms with E-state index in [1.165, 1.54) is 11.1 Å². The molecule has 2 aromatic carbocycles. The molecule has 3 heteroatoms. The highest BCUT2D eigenvalue weighted by atomic mass is 35.5. The number of halogens is 1. The van der Waals surface area contributed by atoms with Crippen molar-refractivity contribution in [3.8, 4) is 11.5 Å². The molecule has 20 heavy (non-hydrogen) atoms. The summed E-state index contributed by atoms with van der Waals surface area (Å²) in [5.41, 5.74) is 4.58. The lowest BCUT2D eigenvalue weighted by Crippen LogP contribution is -2.22. The van der Waals surface area contributed by atoms with Crippen molar-refractivity contribution >= 4 is 22.7 Å². The van der Waals surface area contributed by atoms with E-state index in [1.807, 2.05) is 36.4 Å². The van der Waals surface area contributed by atoms with Crippen molar-refractivity contribution in [2.75, 3.05) is 13.6 Å². The number of nitrogens with zero attached hydrogens (tertiary/aromatic N) is 1. The van der Waals surface area contributed by atoms with E-state index in [2.05, 4.69) is 24.1 Å². The molecule has 0 saturated carbocycles. The fourth-order valence-corrected chi connectivity index (χ4v) is 3.32. The summed E-state index contributed by atoms with van der Waals surface area (Å²) in [5, 5.41) is 0. The Balaban J connectivity index is 2.05. The lowest BCUT2D eigenvalue weighted by molar-refractivity contribution is 0.408. The Bertz CT molecular complexity index is 722. The quantitative estimate of drug-likeness (QED) is 0.530. The van der Waals surface area contributed by atoms with E-state index in [9.17, 15) is 0 Å². The van der Waals surface area contributed by atoms with E-state index < -0.39 is 0 Å². The summed E-state index contributed by atoms with van der Waals surface area (Å²) in [6, 6.07) is 16.3. The molecule has 2 aromatic rings. The van der Waals surface area contributed by atoms with Crippen LogP contribution < -0.4 is 4.74 Å². The maximum Gasteiger partial charge on any atom is 0.135 e. The molecule has 0 aliphatic carbocycles. The Kier molecular flexibility index (Phi) is 2.62. The first-order chi connectivity index (χ1) is 9.75. The first-order valence-electron chi connectivity index (χ1n) is 6.70. The van der Waals surface area contributed by atoms with Crippen LogP contribution in [-0.2, 0) is 0 Å². The third-order valence-electron chi connectivity index (χ3n) is 3.97. The fourth-order valence-electron chi connectivity index (χ4n) is 3.00. The van der Waals surface area contributed by atoms with Gasteiger partial charge in [0.25, 0.3) is 0 Å². The van der Waals surface area contributed by atoms with Crippen LogP contribution in [0.1, 0.15) is 11.1 Å². The van der Waals surface area contributed by atoms with Gasteiger partial charge in [-0.15, -0.1) is 11.6 Å². The number of rotatable bonds is 0. The molecule has 1 atom stereocenters. The molecule has 2 heterocycles. The monoisotopic (exact) mass is 283 g/mol. The lowest BCUT2D eigenvalue weighted by Gasteiger charge is -2.18. The van der Waals surface area contributed by atoms with Crippen LogP contribution in [-0.4, -0.2) is 24.0 Å². The van der Waals surface area contributed by atoms with Crippen LogP contribution in [0.25, 0.3) is 11.1 Å². The van der Waals surface area contributed by atoms with E-state index in [0.29, 0.717) is 0 Å². The molecule has 0 bridgehead atoms. The molecule has 0 N–H and O–H groups in total. The van der Waals surface area contributed by atoms with Crippen molar-refractivity contribution in [3.05, 3.63) is 59.7 Å². The highest BCUT2D eigenvalue weighted by Gasteiger charge is 2.34. The minimum atomic E-state index is -0.110. The summed E-state index contributed by atoms with van der Waals surface area (Å²) < 4.78 is 6.10.